The van der Waals surface area contributed by atoms with E-state index in [-0.39, 0.29) is 16.8 Å². The Balaban J connectivity index is 2.63. The molecule has 5 nitrogen and oxygen atoms in total. The monoisotopic (exact) mass is 287 g/mol. The second-order valence-corrected chi connectivity index (χ2v) is 4.62. The van der Waals surface area contributed by atoms with Gasteiger partial charge in [-0.15, -0.1) is 0 Å². The number of para-hydroxylation sites is 1. The molecule has 1 aromatic heterocycles. The van der Waals surface area contributed by atoms with Gasteiger partial charge in [-0.3, -0.25) is 0 Å². The third kappa shape index (κ3) is 2.54. The zero-order chi connectivity index (χ0) is 16.1. The van der Waals surface area contributed by atoms with Gasteiger partial charge in [-0.05, 0) is 18.1 Å². The molecule has 0 amide bonds. The van der Waals surface area contributed by atoms with Crippen molar-refractivity contribution in [1.29, 1.82) is 15.8 Å². The van der Waals surface area contributed by atoms with Crippen molar-refractivity contribution in [1.82, 2.24) is 4.98 Å². The molecule has 0 aliphatic rings. The highest BCUT2D eigenvalue weighted by atomic mass is 14.7. The number of aryl methyl sites for hydroxylation is 1. The molecule has 1 aromatic carbocycles. The van der Waals surface area contributed by atoms with E-state index in [0.717, 1.165) is 22.9 Å². The van der Waals surface area contributed by atoms with Crippen LogP contribution in [-0.4, -0.2) is 4.98 Å². The number of hydrogen-bond donors (Lipinski definition) is 2. The number of benzene rings is 1. The Morgan fingerprint density at radius 3 is 2.55 bits per heavy atom. The summed E-state index contributed by atoms with van der Waals surface area (Å²) in [5.74, 6) is 0. The largest absolute Gasteiger partial charge is 0.396 e. The zero-order valence-corrected chi connectivity index (χ0v) is 12.0. The summed E-state index contributed by atoms with van der Waals surface area (Å²) in [5.41, 5.74) is 8.45. The molecule has 0 bridgehead atoms. The molecule has 0 aliphatic carbocycles. The summed E-state index contributed by atoms with van der Waals surface area (Å²) in [6, 6.07) is 11.3. The summed E-state index contributed by atoms with van der Waals surface area (Å²) >= 11 is 0. The Morgan fingerprint density at radius 1 is 1.23 bits per heavy atom. The smallest absolute Gasteiger partial charge is 0.153 e. The van der Waals surface area contributed by atoms with Gasteiger partial charge in [-0.25, -0.2) is 0 Å². The molecule has 0 spiro atoms. The third-order valence-corrected chi connectivity index (χ3v) is 3.42. The normalized spacial score (nSPS) is 10.5. The number of aromatic nitrogens is 1. The first kappa shape index (κ1) is 14.9. The summed E-state index contributed by atoms with van der Waals surface area (Å²) in [7, 11) is 0. The van der Waals surface area contributed by atoms with Crippen LogP contribution in [0.15, 0.2) is 41.2 Å². The predicted octanol–water partition coefficient (Wildman–Crippen LogP) is 2.90. The van der Waals surface area contributed by atoms with Gasteiger partial charge in [0.05, 0.1) is 11.3 Å². The molecule has 0 radical (unpaired) electrons. The van der Waals surface area contributed by atoms with Crippen molar-refractivity contribution < 1.29 is 0 Å². The Labute approximate surface area is 128 Å². The fourth-order valence-corrected chi connectivity index (χ4v) is 2.26. The van der Waals surface area contributed by atoms with Crippen LogP contribution in [-0.2, 0) is 6.42 Å². The second-order valence-electron chi connectivity index (χ2n) is 4.62. The van der Waals surface area contributed by atoms with Crippen LogP contribution in [0.1, 0.15) is 18.1 Å². The summed E-state index contributed by atoms with van der Waals surface area (Å²) < 4.78 is 0. The summed E-state index contributed by atoms with van der Waals surface area (Å²) in [6.07, 6.45) is 4.26. The summed E-state index contributed by atoms with van der Waals surface area (Å²) in [6.45, 7) is 2.07. The molecule has 2 rings (SSSR count). The molecule has 5 heteroatoms. The average Bonchev–Trinajstić information content (AvgIpc) is 2.96. The van der Waals surface area contributed by atoms with Crippen molar-refractivity contribution in [3.05, 3.63) is 52.4 Å². The number of allylic oxidation sites excluding steroid dienone is 2. The fourth-order valence-electron chi connectivity index (χ4n) is 2.26. The second kappa shape index (κ2) is 6.31. The molecule has 0 aliphatic heterocycles. The lowest BCUT2D eigenvalue weighted by Crippen LogP contribution is -2.03. The molecule has 106 valence electrons. The molecule has 0 atom stereocenters. The number of H-pyrrole nitrogens is 1. The van der Waals surface area contributed by atoms with E-state index in [0.29, 0.717) is 0 Å². The van der Waals surface area contributed by atoms with Crippen molar-refractivity contribution in [3.63, 3.8) is 0 Å². The number of hydrogen-bond acceptors (Lipinski definition) is 4. The lowest BCUT2D eigenvalue weighted by atomic mass is 10.0. The van der Waals surface area contributed by atoms with E-state index in [1.54, 1.807) is 24.4 Å². The molecule has 3 N–H and O–H groups in total. The van der Waals surface area contributed by atoms with Gasteiger partial charge in [-0.2, -0.15) is 15.8 Å². The van der Waals surface area contributed by atoms with Gasteiger partial charge in [0.1, 0.15) is 18.2 Å². The number of nitriles is 3. The molecule has 22 heavy (non-hydrogen) atoms. The molecule has 2 aromatic rings. The van der Waals surface area contributed by atoms with Gasteiger partial charge in [0.25, 0.3) is 0 Å². The van der Waals surface area contributed by atoms with Crippen LogP contribution in [0, 0.1) is 34.0 Å². The number of nitrogens with zero attached hydrogens (tertiary/aromatic N) is 3. The highest BCUT2D eigenvalue weighted by Gasteiger charge is 2.10. The van der Waals surface area contributed by atoms with Gasteiger partial charge in [-0.1, -0.05) is 25.1 Å². The van der Waals surface area contributed by atoms with Crippen molar-refractivity contribution in [2.75, 3.05) is 0 Å². The highest BCUT2D eigenvalue weighted by Crippen LogP contribution is 2.25. The summed E-state index contributed by atoms with van der Waals surface area (Å²) in [5, 5.41) is 27.9. The standard InChI is InChI=1S/C17H13N5/c1-2-11-4-3-5-15-13(10-22-17(11)15)6-12(7-18)16(21)14(8-19)9-20/h3-6,10,22H,2,21H2,1H3. The van der Waals surface area contributed by atoms with Crippen LogP contribution in [0.3, 0.4) is 0 Å². The molecule has 0 saturated heterocycles. The maximum atomic E-state index is 9.25. The van der Waals surface area contributed by atoms with Crippen LogP contribution in [0.5, 0.6) is 0 Å². The molecule has 0 saturated carbocycles. The first-order chi connectivity index (χ1) is 10.7. The molecule has 0 unspecified atom stereocenters. The van der Waals surface area contributed by atoms with Crippen molar-refractivity contribution >= 4 is 17.0 Å². The summed E-state index contributed by atoms with van der Waals surface area (Å²) in [4.78, 5) is 3.19. The quantitative estimate of drug-likeness (QED) is 0.667. The maximum Gasteiger partial charge on any atom is 0.153 e. The minimum atomic E-state index is -0.262. The van der Waals surface area contributed by atoms with Crippen molar-refractivity contribution in [2.45, 2.75) is 13.3 Å². The minimum absolute atomic E-state index is 0.0981. The van der Waals surface area contributed by atoms with Crippen molar-refractivity contribution in [2.24, 2.45) is 5.73 Å². The number of rotatable bonds is 3. The molecular weight excluding hydrogens is 274 g/mol. The Bertz CT molecular complexity index is 891. The highest BCUT2D eigenvalue weighted by molar-refractivity contribution is 5.92. The average molecular weight is 287 g/mol. The van der Waals surface area contributed by atoms with Gasteiger partial charge < -0.3 is 10.7 Å². The molecule has 0 fully saturated rings. The SMILES string of the molecule is CCc1cccc2c(C=C(C#N)C(N)=C(C#N)C#N)c[nH]c12. The van der Waals surface area contributed by atoms with Crippen LogP contribution >= 0.6 is 0 Å². The number of nitrogens with one attached hydrogen (secondary N) is 1. The predicted molar refractivity (Wildman–Crippen MR) is 83.7 cm³/mol. The van der Waals surface area contributed by atoms with Gasteiger partial charge in [0.2, 0.25) is 0 Å². The van der Waals surface area contributed by atoms with Crippen LogP contribution < -0.4 is 5.73 Å². The van der Waals surface area contributed by atoms with E-state index < -0.39 is 0 Å². The Kier molecular flexibility index (Phi) is 4.27. The van der Waals surface area contributed by atoms with E-state index in [2.05, 4.69) is 11.9 Å². The molecule has 1 heterocycles. The lowest BCUT2D eigenvalue weighted by Gasteiger charge is -2.00. The van der Waals surface area contributed by atoms with Gasteiger partial charge in [0.15, 0.2) is 5.57 Å². The molecular formula is C17H13N5. The van der Waals surface area contributed by atoms with E-state index in [1.807, 2.05) is 24.3 Å². The van der Waals surface area contributed by atoms with Gasteiger partial charge >= 0.3 is 0 Å². The topological polar surface area (TPSA) is 113 Å². The first-order valence-corrected chi connectivity index (χ1v) is 6.67. The maximum absolute atomic E-state index is 9.25. The Morgan fingerprint density at radius 2 is 1.95 bits per heavy atom. The lowest BCUT2D eigenvalue weighted by molar-refractivity contribution is 1.15. The third-order valence-electron chi connectivity index (χ3n) is 3.42. The number of nitrogens with two attached hydrogens (primary N) is 1. The van der Waals surface area contributed by atoms with E-state index >= 15 is 0 Å². The number of fused-ring (bicyclic) bond motifs is 1. The Hall–Kier alpha value is -3.49. The number of aromatic amines is 1. The zero-order valence-electron chi connectivity index (χ0n) is 12.0. The van der Waals surface area contributed by atoms with Crippen LogP contribution in [0.25, 0.3) is 17.0 Å². The minimum Gasteiger partial charge on any atom is -0.396 e. The van der Waals surface area contributed by atoms with E-state index in [1.165, 1.54) is 5.56 Å². The fraction of sp³-hybridized carbons (Fsp3) is 0.118. The first-order valence-electron chi connectivity index (χ1n) is 6.67. The van der Waals surface area contributed by atoms with E-state index in [9.17, 15) is 5.26 Å². The van der Waals surface area contributed by atoms with Crippen molar-refractivity contribution in [3.8, 4) is 18.2 Å². The van der Waals surface area contributed by atoms with Crippen LogP contribution in [0.4, 0.5) is 0 Å². The van der Waals surface area contributed by atoms with Crippen LogP contribution in [0.2, 0.25) is 0 Å². The van der Waals surface area contributed by atoms with Gasteiger partial charge in [0, 0.05) is 22.7 Å². The van der Waals surface area contributed by atoms with E-state index in [4.69, 9.17) is 16.3 Å².